The number of phenolic OH excluding ortho intramolecular Hbond substituents is 1. The average molecular weight is 1470 g/mol. The van der Waals surface area contributed by atoms with E-state index in [-0.39, 0.29) is 5.75 Å². The van der Waals surface area contributed by atoms with Gasteiger partial charge in [0, 0.05) is 28.2 Å². The Morgan fingerprint density at radius 1 is 0.402 bits per heavy atom. The predicted octanol–water partition coefficient (Wildman–Crippen LogP) is 20.3. The first-order chi connectivity index (χ1) is 43.3. The predicted molar refractivity (Wildman–Crippen MR) is 364 cm³/mol. The van der Waals surface area contributed by atoms with E-state index in [9.17, 15) is 24.3 Å². The fourth-order valence-corrected chi connectivity index (χ4v) is 12.1. The zero-order valence-corrected chi connectivity index (χ0v) is 57.1. The maximum Gasteiger partial charge on any atom is 0.514 e. The number of benzene rings is 9. The zero-order valence-electron chi connectivity index (χ0n) is 52.7. The third-order valence-corrected chi connectivity index (χ3v) is 15.8. The SMILES string of the molecule is CC(C)(C)OC(=O)Oc1ccc2ccc3c(c2c1)C(c1ccc(I)o1)c1c(ccc2ccc(OC(=O)OC(C)(C)C)cc12)O3.COc1cc(C2c3c(ccc4ccc(OC(=O)OC(C)(C)C)cc34)Oc3ccc4ccc(OC(=O)OC(C)(C)C)cc4c32)cc(I)c1O. The summed E-state index contributed by atoms with van der Waals surface area (Å²) in [5, 5.41) is 17.6. The second-order valence-electron chi connectivity index (χ2n) is 26.0. The molecule has 92 heavy (non-hydrogen) atoms. The van der Waals surface area contributed by atoms with Crippen LogP contribution >= 0.6 is 45.2 Å². The molecule has 0 spiro atoms. The standard InChI is InChI=1S/C38H35IO9.C35H31IO8/c1-37(2,3)47-35(41)44-23-12-8-20-10-14-28-32(25(20)18-23)31(22-16-27(39)34(40)30(17-22)43-7)33-26-19-24(45-36(42)48-38(4,5)6)13-9-21(26)11-15-29(33)46-28;1-34(2,3)43-32(37)39-21-11-7-19-9-13-25-29(23(19)17-21)31(27-15-16-28(36)42-27)30-24-18-22(40-33(38)44-35(4,5)6)12-8-20(24)10-14-26(30)41-25/h8-19,31,40H,1-7H3;7-18,31H,1-6H3. The minimum Gasteiger partial charge on any atom is -0.504 e. The smallest absolute Gasteiger partial charge is 0.504 e. The van der Waals surface area contributed by atoms with E-state index in [4.69, 9.17) is 56.5 Å². The fraction of sp³-hybridized carbons (Fsp3) is 0.260. The van der Waals surface area contributed by atoms with Gasteiger partial charge in [-0.15, -0.1) is 0 Å². The summed E-state index contributed by atoms with van der Waals surface area (Å²) in [6, 6.07) is 44.7. The van der Waals surface area contributed by atoms with Crippen molar-refractivity contribution in [3.8, 4) is 57.5 Å². The van der Waals surface area contributed by atoms with Gasteiger partial charge in [0.05, 0.1) is 16.6 Å². The Bertz CT molecular complexity index is 4360. The average Bonchev–Trinajstić information content (AvgIpc) is 0.869. The van der Waals surface area contributed by atoms with Crippen molar-refractivity contribution in [2.45, 2.75) is 117 Å². The Hall–Kier alpha value is -8.96. The molecule has 12 rings (SSSR count). The minimum absolute atomic E-state index is 0.0336. The van der Waals surface area contributed by atoms with Crippen LogP contribution in [0.25, 0.3) is 43.1 Å². The molecule has 474 valence electrons. The van der Waals surface area contributed by atoms with Crippen molar-refractivity contribution in [1.29, 1.82) is 0 Å². The molecule has 19 heteroatoms. The maximum absolute atomic E-state index is 12.6. The summed E-state index contributed by atoms with van der Waals surface area (Å²) < 4.78 is 70.2. The Balaban J connectivity index is 0.000000189. The van der Waals surface area contributed by atoms with Crippen LogP contribution in [-0.2, 0) is 18.9 Å². The second kappa shape index (κ2) is 24.9. The number of halogens is 2. The zero-order chi connectivity index (χ0) is 65.9. The molecule has 3 heterocycles. The third kappa shape index (κ3) is 14.4. The number of phenols is 1. The van der Waals surface area contributed by atoms with Crippen molar-refractivity contribution >= 4 is 113 Å². The lowest BCUT2D eigenvalue weighted by Gasteiger charge is -2.31. The number of hydrogen-bond donors (Lipinski definition) is 1. The lowest BCUT2D eigenvalue weighted by atomic mass is 9.78. The molecule has 0 bridgehead atoms. The number of rotatable bonds is 7. The number of aromatic hydroxyl groups is 1. The third-order valence-electron chi connectivity index (χ3n) is 14.4. The van der Waals surface area contributed by atoms with Gasteiger partial charge in [-0.25, -0.2) is 19.2 Å². The number of carbonyl (C=O) groups excluding carboxylic acids is 4. The van der Waals surface area contributed by atoms with Crippen molar-refractivity contribution in [3.05, 3.63) is 187 Å². The molecule has 17 nitrogen and oxygen atoms in total. The highest BCUT2D eigenvalue weighted by Crippen LogP contribution is 2.56. The highest BCUT2D eigenvalue weighted by atomic mass is 127. The quantitative estimate of drug-likeness (QED) is 0.0682. The number of fused-ring (bicyclic) bond motifs is 12. The maximum atomic E-state index is 12.6. The van der Waals surface area contributed by atoms with Crippen LogP contribution in [0, 0.1) is 7.34 Å². The summed E-state index contributed by atoms with van der Waals surface area (Å²) in [6.07, 6.45) is -3.20. The number of carbonyl (C=O) groups is 4. The lowest BCUT2D eigenvalue weighted by Crippen LogP contribution is -2.26. The van der Waals surface area contributed by atoms with Gasteiger partial charge in [0.2, 0.25) is 0 Å². The largest absolute Gasteiger partial charge is 0.514 e. The minimum atomic E-state index is -0.814. The molecule has 9 aromatic carbocycles. The molecule has 10 aromatic rings. The van der Waals surface area contributed by atoms with E-state index in [0.717, 1.165) is 74.7 Å². The molecule has 0 radical (unpaired) electrons. The van der Waals surface area contributed by atoms with Crippen LogP contribution in [0.3, 0.4) is 0 Å². The Morgan fingerprint density at radius 2 is 0.707 bits per heavy atom. The van der Waals surface area contributed by atoms with Crippen LogP contribution < -0.4 is 33.2 Å². The van der Waals surface area contributed by atoms with Crippen molar-refractivity contribution in [3.63, 3.8) is 0 Å². The molecular formula is C73H66I2O17. The second-order valence-corrected chi connectivity index (χ2v) is 28.2. The van der Waals surface area contributed by atoms with Gasteiger partial charge in [0.25, 0.3) is 0 Å². The Labute approximate surface area is 558 Å². The van der Waals surface area contributed by atoms with E-state index in [0.29, 0.717) is 61.1 Å². The van der Waals surface area contributed by atoms with E-state index in [1.54, 1.807) is 126 Å². The highest BCUT2D eigenvalue weighted by Gasteiger charge is 2.37. The Kier molecular flexibility index (Phi) is 17.5. The summed E-state index contributed by atoms with van der Waals surface area (Å²) in [5.74, 6) is 3.98. The van der Waals surface area contributed by atoms with Crippen LogP contribution in [-0.4, -0.2) is 59.2 Å². The van der Waals surface area contributed by atoms with E-state index in [1.165, 1.54) is 7.11 Å². The molecule has 0 saturated carbocycles. The molecule has 1 aromatic heterocycles. The summed E-state index contributed by atoms with van der Waals surface area (Å²) >= 11 is 4.23. The molecule has 0 aliphatic carbocycles. The summed E-state index contributed by atoms with van der Waals surface area (Å²) in [7, 11) is 1.51. The van der Waals surface area contributed by atoms with E-state index in [1.807, 2.05) is 103 Å². The molecule has 1 N–H and O–H groups in total. The first-order valence-corrected chi connectivity index (χ1v) is 31.6. The summed E-state index contributed by atoms with van der Waals surface area (Å²) in [5.41, 5.74) is 1.29. The molecular weight excluding hydrogens is 1400 g/mol. The van der Waals surface area contributed by atoms with Crippen LogP contribution in [0.4, 0.5) is 19.2 Å². The van der Waals surface area contributed by atoms with Crippen molar-refractivity contribution in [2.24, 2.45) is 0 Å². The molecule has 0 saturated heterocycles. The number of ether oxygens (including phenoxy) is 11. The lowest BCUT2D eigenvalue weighted by molar-refractivity contribution is 0.0193. The van der Waals surface area contributed by atoms with Crippen LogP contribution in [0.15, 0.2) is 150 Å². The number of hydrogen-bond acceptors (Lipinski definition) is 17. The van der Waals surface area contributed by atoms with E-state index in [2.05, 4.69) is 45.2 Å². The van der Waals surface area contributed by atoms with Gasteiger partial charge in [0.15, 0.2) is 15.3 Å². The summed E-state index contributed by atoms with van der Waals surface area (Å²) in [4.78, 5) is 50.3. The van der Waals surface area contributed by atoms with Gasteiger partial charge < -0.3 is 61.6 Å². The number of methoxy groups -OCH3 is 1. The van der Waals surface area contributed by atoms with Crippen LogP contribution in [0.5, 0.6) is 57.5 Å². The Morgan fingerprint density at radius 3 is 0.989 bits per heavy atom. The molecule has 0 amide bonds. The van der Waals surface area contributed by atoms with Gasteiger partial charge in [-0.05, 0) is 274 Å². The molecule has 0 unspecified atom stereocenters. The van der Waals surface area contributed by atoms with Gasteiger partial charge >= 0.3 is 24.6 Å². The molecule has 2 aliphatic heterocycles. The van der Waals surface area contributed by atoms with Crippen LogP contribution in [0.1, 0.15) is 128 Å². The van der Waals surface area contributed by atoms with Gasteiger partial charge in [-0.3, -0.25) is 0 Å². The van der Waals surface area contributed by atoms with Gasteiger partial charge in [-0.2, -0.15) is 0 Å². The molecule has 0 fully saturated rings. The van der Waals surface area contributed by atoms with E-state index >= 15 is 0 Å². The molecule has 0 atom stereocenters. The normalized spacial score (nSPS) is 13.0. The van der Waals surface area contributed by atoms with Crippen LogP contribution in [0.2, 0.25) is 0 Å². The van der Waals surface area contributed by atoms with Gasteiger partial charge in [-0.1, -0.05) is 48.5 Å². The fourth-order valence-electron chi connectivity index (χ4n) is 11.0. The van der Waals surface area contributed by atoms with E-state index < -0.39 is 58.9 Å². The topological polar surface area (TPSA) is 203 Å². The van der Waals surface area contributed by atoms with Crippen molar-refractivity contribution in [2.75, 3.05) is 7.11 Å². The van der Waals surface area contributed by atoms with Crippen molar-refractivity contribution < 1.29 is 80.8 Å². The van der Waals surface area contributed by atoms with Gasteiger partial charge in [0.1, 0.15) is 74.2 Å². The first kappa shape index (κ1) is 64.6. The molecule has 2 aliphatic rings. The number of furan rings is 1. The van der Waals surface area contributed by atoms with Crippen molar-refractivity contribution in [1.82, 2.24) is 0 Å². The monoisotopic (exact) mass is 1470 g/mol. The first-order valence-electron chi connectivity index (χ1n) is 29.4. The highest BCUT2D eigenvalue weighted by molar-refractivity contribution is 14.1. The summed E-state index contributed by atoms with van der Waals surface area (Å²) in [6.45, 7) is 21.3.